The lowest BCUT2D eigenvalue weighted by Gasteiger charge is -2.40. The molecule has 1 aliphatic rings. The van der Waals surface area contributed by atoms with Crippen molar-refractivity contribution in [3.63, 3.8) is 0 Å². The van der Waals surface area contributed by atoms with Crippen LogP contribution in [0.2, 0.25) is 5.02 Å². The minimum atomic E-state index is -0.700. The first kappa shape index (κ1) is 20.8. The van der Waals surface area contributed by atoms with Crippen LogP contribution in [0.3, 0.4) is 0 Å². The predicted molar refractivity (Wildman–Crippen MR) is 102 cm³/mol. The Labute approximate surface area is 165 Å². The molecule has 1 saturated heterocycles. The number of halogens is 3. The molecule has 1 fully saturated rings. The van der Waals surface area contributed by atoms with E-state index in [9.17, 15) is 14.0 Å². The van der Waals surface area contributed by atoms with Crippen molar-refractivity contribution in [2.75, 3.05) is 25.0 Å². The molecule has 144 valence electrons. The van der Waals surface area contributed by atoms with Gasteiger partial charge in [0, 0.05) is 30.1 Å². The number of ether oxygens (including phenoxy) is 1. The van der Waals surface area contributed by atoms with Crippen molar-refractivity contribution >= 4 is 45.3 Å². The van der Waals surface area contributed by atoms with Gasteiger partial charge in [-0.1, -0.05) is 11.6 Å². The molecule has 0 aliphatic carbocycles. The number of urea groups is 1. The maximum Gasteiger partial charge on any atom is 0.410 e. The highest BCUT2D eigenvalue weighted by molar-refractivity contribution is 9.10. The lowest BCUT2D eigenvalue weighted by molar-refractivity contribution is 0.0112. The van der Waals surface area contributed by atoms with Crippen LogP contribution in [0.25, 0.3) is 0 Å². The average Bonchev–Trinajstić information content (AvgIpc) is 2.53. The van der Waals surface area contributed by atoms with Crippen molar-refractivity contribution in [1.29, 1.82) is 0 Å². The van der Waals surface area contributed by atoms with Gasteiger partial charge in [0.05, 0.1) is 10.7 Å². The van der Waals surface area contributed by atoms with Crippen molar-refractivity contribution < 1.29 is 18.7 Å². The monoisotopic (exact) mass is 449 g/mol. The first-order chi connectivity index (χ1) is 12.0. The normalized spacial score (nSPS) is 17.9. The molecule has 1 N–H and O–H groups in total. The van der Waals surface area contributed by atoms with Crippen LogP contribution in [0, 0.1) is 5.82 Å². The lowest BCUT2D eigenvalue weighted by Crippen LogP contribution is -2.57. The van der Waals surface area contributed by atoms with Crippen LogP contribution in [0.15, 0.2) is 16.6 Å². The molecule has 0 saturated carbocycles. The van der Waals surface area contributed by atoms with E-state index >= 15 is 0 Å². The molecule has 1 aromatic carbocycles. The van der Waals surface area contributed by atoms with Gasteiger partial charge >= 0.3 is 12.1 Å². The SMILES string of the molecule is C[C@H]1CN(C(=O)OC(C)(C)C)CCN1C(=O)Nc1ccc(Br)c(Cl)c1F. The Morgan fingerprint density at radius 3 is 2.58 bits per heavy atom. The number of nitrogens with zero attached hydrogens (tertiary/aromatic N) is 2. The standard InChI is InChI=1S/C17H22BrClFN3O3/c1-10-9-22(16(25)26-17(2,3)4)7-8-23(10)15(24)21-12-6-5-11(18)13(19)14(12)20/h5-6,10H,7-9H2,1-4H3,(H,21,24)/t10-/m0/s1. The lowest BCUT2D eigenvalue weighted by atomic mass is 10.2. The zero-order chi connectivity index (χ0) is 19.6. The van der Waals surface area contributed by atoms with Gasteiger partial charge < -0.3 is 19.9 Å². The Bertz CT molecular complexity index is 711. The van der Waals surface area contributed by atoms with E-state index in [1.54, 1.807) is 36.6 Å². The van der Waals surface area contributed by atoms with Crippen LogP contribution in [0.4, 0.5) is 19.7 Å². The van der Waals surface area contributed by atoms with Crippen LogP contribution in [0.1, 0.15) is 27.7 Å². The third-order valence-corrected chi connectivity index (χ3v) is 5.08. The highest BCUT2D eigenvalue weighted by Gasteiger charge is 2.32. The van der Waals surface area contributed by atoms with Crippen LogP contribution in [-0.4, -0.2) is 53.2 Å². The highest BCUT2D eigenvalue weighted by atomic mass is 79.9. The van der Waals surface area contributed by atoms with E-state index in [1.807, 2.05) is 6.92 Å². The fourth-order valence-electron chi connectivity index (χ4n) is 2.56. The summed E-state index contributed by atoms with van der Waals surface area (Å²) in [5.74, 6) is -0.700. The molecule has 1 atom stereocenters. The zero-order valence-electron chi connectivity index (χ0n) is 15.1. The molecular weight excluding hydrogens is 429 g/mol. The molecule has 1 aromatic rings. The Kier molecular flexibility index (Phi) is 6.39. The molecule has 1 aliphatic heterocycles. The van der Waals surface area contributed by atoms with Gasteiger partial charge in [-0.2, -0.15) is 0 Å². The number of carbonyl (C=O) groups is 2. The highest BCUT2D eigenvalue weighted by Crippen LogP contribution is 2.30. The number of hydrogen-bond donors (Lipinski definition) is 1. The first-order valence-electron chi connectivity index (χ1n) is 8.18. The van der Waals surface area contributed by atoms with E-state index < -0.39 is 23.5 Å². The van der Waals surface area contributed by atoms with Gasteiger partial charge in [0.25, 0.3) is 0 Å². The van der Waals surface area contributed by atoms with Gasteiger partial charge in [-0.15, -0.1) is 0 Å². The molecule has 0 radical (unpaired) electrons. The Hall–Kier alpha value is -1.54. The first-order valence-corrected chi connectivity index (χ1v) is 9.35. The second-order valence-corrected chi connectivity index (χ2v) is 8.35. The summed E-state index contributed by atoms with van der Waals surface area (Å²) in [6, 6.07) is 2.30. The number of nitrogens with one attached hydrogen (secondary N) is 1. The number of amides is 3. The van der Waals surface area contributed by atoms with Crippen molar-refractivity contribution in [3.05, 3.63) is 27.4 Å². The quantitative estimate of drug-likeness (QED) is 0.630. The van der Waals surface area contributed by atoms with E-state index in [2.05, 4.69) is 21.2 Å². The molecule has 2 rings (SSSR count). The summed E-state index contributed by atoms with van der Waals surface area (Å²) in [5.41, 5.74) is -0.572. The summed E-state index contributed by atoms with van der Waals surface area (Å²) >= 11 is 8.97. The van der Waals surface area contributed by atoms with Crippen molar-refractivity contribution in [2.45, 2.75) is 39.3 Å². The van der Waals surface area contributed by atoms with E-state index in [0.717, 1.165) is 0 Å². The van der Waals surface area contributed by atoms with Crippen molar-refractivity contribution in [2.24, 2.45) is 0 Å². The number of hydrogen-bond acceptors (Lipinski definition) is 3. The third kappa shape index (κ3) is 5.01. The number of anilines is 1. The minimum absolute atomic E-state index is 0.00460. The Morgan fingerprint density at radius 1 is 1.35 bits per heavy atom. The zero-order valence-corrected chi connectivity index (χ0v) is 17.4. The predicted octanol–water partition coefficient (Wildman–Crippen LogP) is 4.71. The van der Waals surface area contributed by atoms with Gasteiger partial charge in [0.1, 0.15) is 5.60 Å². The molecule has 0 unspecified atom stereocenters. The molecule has 9 heteroatoms. The van der Waals surface area contributed by atoms with Crippen molar-refractivity contribution in [3.8, 4) is 0 Å². The molecule has 6 nitrogen and oxygen atoms in total. The summed E-state index contributed by atoms with van der Waals surface area (Å²) in [7, 11) is 0. The second kappa shape index (κ2) is 8.00. The second-order valence-electron chi connectivity index (χ2n) is 7.12. The molecule has 1 heterocycles. The minimum Gasteiger partial charge on any atom is -0.444 e. The van der Waals surface area contributed by atoms with Crippen LogP contribution in [0.5, 0.6) is 0 Å². The van der Waals surface area contributed by atoms with Crippen molar-refractivity contribution in [1.82, 2.24) is 9.80 Å². The Balaban J connectivity index is 2.00. The van der Waals surface area contributed by atoms with Gasteiger partial charge in [-0.05, 0) is 55.8 Å². The largest absolute Gasteiger partial charge is 0.444 e. The maximum absolute atomic E-state index is 14.1. The van der Waals surface area contributed by atoms with Crippen LogP contribution < -0.4 is 5.32 Å². The number of carbonyl (C=O) groups excluding carboxylic acids is 2. The van der Waals surface area contributed by atoms with Gasteiger partial charge in [0.15, 0.2) is 5.82 Å². The summed E-state index contributed by atoms with van der Waals surface area (Å²) in [6.07, 6.45) is -0.407. The maximum atomic E-state index is 14.1. The van der Waals surface area contributed by atoms with E-state index in [-0.39, 0.29) is 16.8 Å². The van der Waals surface area contributed by atoms with Crippen LogP contribution >= 0.6 is 27.5 Å². The summed E-state index contributed by atoms with van der Waals surface area (Å²) in [4.78, 5) is 27.8. The van der Waals surface area contributed by atoms with Crippen LogP contribution in [-0.2, 0) is 4.74 Å². The summed E-state index contributed by atoms with van der Waals surface area (Å²) in [6.45, 7) is 8.23. The number of benzene rings is 1. The van der Waals surface area contributed by atoms with Gasteiger partial charge in [0.2, 0.25) is 0 Å². The van der Waals surface area contributed by atoms with Gasteiger partial charge in [-0.25, -0.2) is 14.0 Å². The third-order valence-electron chi connectivity index (χ3n) is 3.82. The summed E-state index contributed by atoms with van der Waals surface area (Å²) < 4.78 is 19.9. The Morgan fingerprint density at radius 2 is 2.00 bits per heavy atom. The number of rotatable bonds is 1. The smallest absolute Gasteiger partial charge is 0.410 e. The molecule has 0 aromatic heterocycles. The number of piperazine rings is 1. The van der Waals surface area contributed by atoms with Gasteiger partial charge in [-0.3, -0.25) is 0 Å². The van der Waals surface area contributed by atoms with E-state index in [0.29, 0.717) is 24.1 Å². The summed E-state index contributed by atoms with van der Waals surface area (Å²) in [5, 5.41) is 2.44. The molecule has 3 amide bonds. The molecule has 0 bridgehead atoms. The molecular formula is C17H22BrClFN3O3. The fourth-order valence-corrected chi connectivity index (χ4v) is 3.03. The fraction of sp³-hybridized carbons (Fsp3) is 0.529. The molecule has 26 heavy (non-hydrogen) atoms. The topological polar surface area (TPSA) is 61.9 Å². The molecule has 0 spiro atoms. The van der Waals surface area contributed by atoms with E-state index in [1.165, 1.54) is 6.07 Å². The van der Waals surface area contributed by atoms with E-state index in [4.69, 9.17) is 16.3 Å². The average molecular weight is 451 g/mol.